The van der Waals surface area contributed by atoms with Crippen LogP contribution in [0.15, 0.2) is 47.8 Å². The summed E-state index contributed by atoms with van der Waals surface area (Å²) >= 11 is 6.15. The van der Waals surface area contributed by atoms with Gasteiger partial charge in [-0.2, -0.15) is 0 Å². The SMILES string of the molecule is Cn1ccc2c(-c3ncc(Cl)c4c(=O)[nH]ccc34)ccnc21. The monoisotopic (exact) mass is 310 g/mol. The Balaban J connectivity index is 2.16. The van der Waals surface area contributed by atoms with E-state index in [1.165, 1.54) is 6.20 Å². The molecule has 0 fully saturated rings. The van der Waals surface area contributed by atoms with Crippen LogP contribution in [-0.4, -0.2) is 19.5 Å². The second-order valence-corrected chi connectivity index (χ2v) is 5.48. The molecule has 4 aromatic rings. The predicted octanol–water partition coefficient (Wildman–Crippen LogP) is 3.13. The molecule has 0 aliphatic rings. The van der Waals surface area contributed by atoms with Gasteiger partial charge in [-0.3, -0.25) is 9.78 Å². The second-order valence-electron chi connectivity index (χ2n) is 5.07. The van der Waals surface area contributed by atoms with Gasteiger partial charge in [0.1, 0.15) is 5.65 Å². The fourth-order valence-corrected chi connectivity index (χ4v) is 2.99. The van der Waals surface area contributed by atoms with Crippen molar-refractivity contribution in [2.75, 3.05) is 0 Å². The molecule has 0 radical (unpaired) electrons. The van der Waals surface area contributed by atoms with Crippen LogP contribution in [0.3, 0.4) is 0 Å². The first kappa shape index (κ1) is 13.0. The van der Waals surface area contributed by atoms with Crippen LogP contribution < -0.4 is 5.56 Å². The molecule has 0 aliphatic carbocycles. The molecule has 1 N–H and O–H groups in total. The van der Waals surface area contributed by atoms with Crippen molar-refractivity contribution in [2.24, 2.45) is 7.05 Å². The zero-order valence-corrected chi connectivity index (χ0v) is 12.4. The van der Waals surface area contributed by atoms with Gasteiger partial charge in [0.05, 0.1) is 16.1 Å². The lowest BCUT2D eigenvalue weighted by atomic mass is 10.0. The van der Waals surface area contributed by atoms with Crippen molar-refractivity contribution < 1.29 is 0 Å². The minimum atomic E-state index is -0.218. The molecule has 0 amide bonds. The number of pyridine rings is 3. The van der Waals surface area contributed by atoms with Crippen LogP contribution in [0.25, 0.3) is 33.1 Å². The van der Waals surface area contributed by atoms with Gasteiger partial charge in [0.25, 0.3) is 5.56 Å². The molecule has 6 heteroatoms. The zero-order chi connectivity index (χ0) is 15.3. The van der Waals surface area contributed by atoms with E-state index in [0.717, 1.165) is 27.7 Å². The maximum Gasteiger partial charge on any atom is 0.257 e. The first-order valence-electron chi connectivity index (χ1n) is 6.73. The van der Waals surface area contributed by atoms with Crippen LogP contribution in [0, 0.1) is 0 Å². The number of nitrogens with one attached hydrogen (secondary N) is 1. The molecule has 0 aliphatic heterocycles. The van der Waals surface area contributed by atoms with E-state index in [4.69, 9.17) is 11.6 Å². The predicted molar refractivity (Wildman–Crippen MR) is 87.1 cm³/mol. The Bertz CT molecular complexity index is 1080. The third-order valence-electron chi connectivity index (χ3n) is 3.78. The number of hydrogen-bond donors (Lipinski definition) is 1. The molecule has 4 rings (SSSR count). The Hall–Kier alpha value is -2.66. The zero-order valence-electron chi connectivity index (χ0n) is 11.7. The van der Waals surface area contributed by atoms with E-state index >= 15 is 0 Å². The Labute approximate surface area is 130 Å². The molecule has 0 aromatic carbocycles. The third-order valence-corrected chi connectivity index (χ3v) is 4.07. The number of aryl methyl sites for hydroxylation is 1. The lowest BCUT2D eigenvalue weighted by Gasteiger charge is -2.08. The van der Waals surface area contributed by atoms with Crippen LogP contribution in [0.4, 0.5) is 0 Å². The standard InChI is InChI=1S/C16H11ClN4O/c1-21-7-4-10-9(2-5-18-15(10)21)14-11-3-6-19-16(22)13(11)12(17)8-20-14/h2-8H,1H3,(H,19,22). The molecule has 0 atom stereocenters. The van der Waals surface area contributed by atoms with E-state index in [2.05, 4.69) is 15.0 Å². The Morgan fingerprint density at radius 2 is 2.05 bits per heavy atom. The highest BCUT2D eigenvalue weighted by molar-refractivity contribution is 6.35. The van der Waals surface area contributed by atoms with Gasteiger partial charge in [-0.15, -0.1) is 0 Å². The summed E-state index contributed by atoms with van der Waals surface area (Å²) in [7, 11) is 1.94. The summed E-state index contributed by atoms with van der Waals surface area (Å²) < 4.78 is 1.95. The number of hydrogen-bond acceptors (Lipinski definition) is 3. The molecule has 22 heavy (non-hydrogen) atoms. The number of fused-ring (bicyclic) bond motifs is 2. The number of nitrogens with zero attached hydrogens (tertiary/aromatic N) is 3. The summed E-state index contributed by atoms with van der Waals surface area (Å²) in [6.07, 6.45) is 6.82. The fourth-order valence-electron chi connectivity index (χ4n) is 2.75. The van der Waals surface area contributed by atoms with Gasteiger partial charge in [0.15, 0.2) is 0 Å². The van der Waals surface area contributed by atoms with E-state index in [0.29, 0.717) is 10.4 Å². The molecular formula is C16H11ClN4O. The van der Waals surface area contributed by atoms with Crippen molar-refractivity contribution in [3.63, 3.8) is 0 Å². The molecule has 0 spiro atoms. The fraction of sp³-hybridized carbons (Fsp3) is 0.0625. The summed E-state index contributed by atoms with van der Waals surface area (Å²) in [5.74, 6) is 0. The van der Waals surface area contributed by atoms with Gasteiger partial charge in [-0.1, -0.05) is 11.6 Å². The van der Waals surface area contributed by atoms with Crippen LogP contribution in [0.1, 0.15) is 0 Å². The molecule has 108 valence electrons. The highest BCUT2D eigenvalue weighted by Crippen LogP contribution is 2.32. The van der Waals surface area contributed by atoms with Crippen LogP contribution in [0.2, 0.25) is 5.02 Å². The van der Waals surface area contributed by atoms with Gasteiger partial charge in [0, 0.05) is 48.2 Å². The van der Waals surface area contributed by atoms with E-state index < -0.39 is 0 Å². The van der Waals surface area contributed by atoms with Crippen LogP contribution in [-0.2, 0) is 7.05 Å². The summed E-state index contributed by atoms with van der Waals surface area (Å²) in [6, 6.07) is 5.71. The molecular weight excluding hydrogens is 300 g/mol. The molecule has 0 saturated carbocycles. The Morgan fingerprint density at radius 1 is 1.18 bits per heavy atom. The maximum atomic E-state index is 12.1. The summed E-state index contributed by atoms with van der Waals surface area (Å²) in [5.41, 5.74) is 2.30. The van der Waals surface area contributed by atoms with Gasteiger partial charge < -0.3 is 9.55 Å². The van der Waals surface area contributed by atoms with E-state index in [9.17, 15) is 4.79 Å². The Kier molecular flexibility index (Phi) is 2.77. The quantitative estimate of drug-likeness (QED) is 0.587. The second kappa shape index (κ2) is 4.68. The topological polar surface area (TPSA) is 63.6 Å². The molecule has 4 aromatic heterocycles. The van der Waals surface area contributed by atoms with E-state index in [1.807, 2.05) is 36.0 Å². The van der Waals surface area contributed by atoms with Crippen molar-refractivity contribution in [1.29, 1.82) is 0 Å². The highest BCUT2D eigenvalue weighted by atomic mass is 35.5. The van der Waals surface area contributed by atoms with Gasteiger partial charge in [-0.25, -0.2) is 4.98 Å². The number of halogens is 1. The molecule has 0 unspecified atom stereocenters. The van der Waals surface area contributed by atoms with Gasteiger partial charge >= 0.3 is 0 Å². The van der Waals surface area contributed by atoms with Crippen molar-refractivity contribution in [2.45, 2.75) is 0 Å². The lowest BCUT2D eigenvalue weighted by Crippen LogP contribution is -2.06. The van der Waals surface area contributed by atoms with Crippen molar-refractivity contribution >= 4 is 33.4 Å². The smallest absolute Gasteiger partial charge is 0.257 e. The first-order valence-corrected chi connectivity index (χ1v) is 7.11. The molecule has 4 heterocycles. The minimum Gasteiger partial charge on any atom is -0.336 e. The molecule has 5 nitrogen and oxygen atoms in total. The average Bonchev–Trinajstić information content (AvgIpc) is 2.90. The minimum absolute atomic E-state index is 0.218. The van der Waals surface area contributed by atoms with E-state index in [-0.39, 0.29) is 5.56 Å². The Morgan fingerprint density at radius 3 is 2.91 bits per heavy atom. The summed E-state index contributed by atoms with van der Waals surface area (Å²) in [5, 5.41) is 2.52. The van der Waals surface area contributed by atoms with Gasteiger partial charge in [0.2, 0.25) is 0 Å². The number of rotatable bonds is 1. The maximum absolute atomic E-state index is 12.1. The molecule has 0 saturated heterocycles. The first-order chi connectivity index (χ1) is 10.7. The molecule has 0 bridgehead atoms. The lowest BCUT2D eigenvalue weighted by molar-refractivity contribution is 0.948. The van der Waals surface area contributed by atoms with Crippen molar-refractivity contribution in [1.82, 2.24) is 19.5 Å². The number of H-pyrrole nitrogens is 1. The normalized spacial score (nSPS) is 11.4. The van der Waals surface area contributed by atoms with Crippen LogP contribution >= 0.6 is 11.6 Å². The largest absolute Gasteiger partial charge is 0.336 e. The summed E-state index contributed by atoms with van der Waals surface area (Å²) in [6.45, 7) is 0. The van der Waals surface area contributed by atoms with Crippen molar-refractivity contribution in [3.8, 4) is 11.3 Å². The van der Waals surface area contributed by atoms with E-state index in [1.54, 1.807) is 12.4 Å². The van der Waals surface area contributed by atoms with Gasteiger partial charge in [-0.05, 0) is 18.2 Å². The highest BCUT2D eigenvalue weighted by Gasteiger charge is 2.14. The average molecular weight is 311 g/mol. The third kappa shape index (κ3) is 1.76. The van der Waals surface area contributed by atoms with Crippen LogP contribution in [0.5, 0.6) is 0 Å². The number of aromatic amines is 1. The summed E-state index contributed by atoms with van der Waals surface area (Å²) in [4.78, 5) is 23.6. The number of aromatic nitrogens is 4. The van der Waals surface area contributed by atoms with Crippen molar-refractivity contribution in [3.05, 3.63) is 58.4 Å².